The molecular formula is C15H14Cl2FNO. The van der Waals surface area contributed by atoms with E-state index in [0.29, 0.717) is 22.8 Å². The van der Waals surface area contributed by atoms with Crippen molar-refractivity contribution in [1.82, 2.24) is 0 Å². The van der Waals surface area contributed by atoms with E-state index in [1.807, 2.05) is 0 Å². The van der Waals surface area contributed by atoms with Gasteiger partial charge in [-0.05, 0) is 41.8 Å². The van der Waals surface area contributed by atoms with Gasteiger partial charge in [-0.15, -0.1) is 0 Å². The fourth-order valence-electron chi connectivity index (χ4n) is 2.06. The molecule has 2 N–H and O–H groups in total. The Bertz CT molecular complexity index is 619. The molecule has 1 unspecified atom stereocenters. The second-order valence-electron chi connectivity index (χ2n) is 4.41. The van der Waals surface area contributed by atoms with Crippen molar-refractivity contribution in [3.63, 3.8) is 0 Å². The lowest BCUT2D eigenvalue weighted by atomic mass is 9.99. The van der Waals surface area contributed by atoms with E-state index in [9.17, 15) is 4.39 Å². The quantitative estimate of drug-likeness (QED) is 0.909. The summed E-state index contributed by atoms with van der Waals surface area (Å²) < 4.78 is 18.7. The Morgan fingerprint density at radius 2 is 2.00 bits per heavy atom. The summed E-state index contributed by atoms with van der Waals surface area (Å²) in [6.07, 6.45) is 0.451. The molecule has 0 aliphatic rings. The summed E-state index contributed by atoms with van der Waals surface area (Å²) >= 11 is 11.9. The predicted molar refractivity (Wildman–Crippen MR) is 80.0 cm³/mol. The lowest BCUT2D eigenvalue weighted by Crippen LogP contribution is -2.15. The summed E-state index contributed by atoms with van der Waals surface area (Å²) in [6.45, 7) is 0. The average Bonchev–Trinajstić information content (AvgIpc) is 2.42. The molecule has 1 atom stereocenters. The van der Waals surface area contributed by atoms with Gasteiger partial charge in [0.05, 0.1) is 12.1 Å². The van der Waals surface area contributed by atoms with Crippen LogP contribution in [0.25, 0.3) is 0 Å². The molecule has 0 amide bonds. The lowest BCUT2D eigenvalue weighted by Gasteiger charge is -2.16. The first-order valence-electron chi connectivity index (χ1n) is 6.05. The van der Waals surface area contributed by atoms with E-state index in [0.717, 1.165) is 5.56 Å². The molecule has 2 nitrogen and oxygen atoms in total. The maximum atomic E-state index is 13.5. The Kier molecular flexibility index (Phi) is 4.86. The number of nitrogens with two attached hydrogens (primary N) is 1. The van der Waals surface area contributed by atoms with Crippen molar-refractivity contribution >= 4 is 23.2 Å². The number of rotatable bonds is 4. The van der Waals surface area contributed by atoms with Gasteiger partial charge in [-0.1, -0.05) is 35.3 Å². The molecule has 0 aromatic heterocycles. The minimum atomic E-state index is -0.474. The van der Waals surface area contributed by atoms with Crippen molar-refractivity contribution in [3.05, 3.63) is 63.4 Å². The minimum absolute atomic E-state index is 0.0565. The predicted octanol–water partition coefficient (Wildman–Crippen LogP) is 4.38. The van der Waals surface area contributed by atoms with Gasteiger partial charge in [0.1, 0.15) is 11.6 Å². The van der Waals surface area contributed by atoms with Crippen LogP contribution >= 0.6 is 23.2 Å². The van der Waals surface area contributed by atoms with Crippen LogP contribution in [0.4, 0.5) is 4.39 Å². The Labute approximate surface area is 127 Å². The van der Waals surface area contributed by atoms with Crippen LogP contribution in [0.5, 0.6) is 5.75 Å². The van der Waals surface area contributed by atoms with Crippen LogP contribution in [0, 0.1) is 5.82 Å². The van der Waals surface area contributed by atoms with E-state index < -0.39 is 11.9 Å². The molecular weight excluding hydrogens is 300 g/mol. The highest BCUT2D eigenvalue weighted by Gasteiger charge is 2.16. The van der Waals surface area contributed by atoms with Crippen LogP contribution in [0.3, 0.4) is 0 Å². The first-order chi connectivity index (χ1) is 9.52. The number of ether oxygens (including phenoxy) is 1. The lowest BCUT2D eigenvalue weighted by molar-refractivity contribution is 0.408. The first-order valence-corrected chi connectivity index (χ1v) is 6.80. The highest BCUT2D eigenvalue weighted by atomic mass is 35.5. The van der Waals surface area contributed by atoms with Crippen LogP contribution in [-0.4, -0.2) is 7.11 Å². The highest BCUT2D eigenvalue weighted by molar-refractivity contribution is 6.31. The van der Waals surface area contributed by atoms with Crippen molar-refractivity contribution in [1.29, 1.82) is 0 Å². The molecule has 2 rings (SSSR count). The summed E-state index contributed by atoms with van der Waals surface area (Å²) in [7, 11) is 1.58. The Hall–Kier alpha value is -1.29. The zero-order chi connectivity index (χ0) is 14.7. The van der Waals surface area contributed by atoms with Crippen molar-refractivity contribution in [2.24, 2.45) is 5.73 Å². The maximum absolute atomic E-state index is 13.5. The summed E-state index contributed by atoms with van der Waals surface area (Å²) in [5.41, 5.74) is 7.54. The smallest absolute Gasteiger partial charge is 0.142 e. The number of hydrogen-bond acceptors (Lipinski definition) is 2. The minimum Gasteiger partial charge on any atom is -0.496 e. The maximum Gasteiger partial charge on any atom is 0.142 e. The third-order valence-electron chi connectivity index (χ3n) is 3.06. The molecule has 106 valence electrons. The van der Waals surface area contributed by atoms with E-state index in [2.05, 4.69) is 0 Å². The molecule has 2 aromatic rings. The Morgan fingerprint density at radius 1 is 1.25 bits per heavy atom. The molecule has 0 aliphatic heterocycles. The first kappa shape index (κ1) is 15.1. The topological polar surface area (TPSA) is 35.2 Å². The molecule has 0 bridgehead atoms. The normalized spacial score (nSPS) is 12.2. The van der Waals surface area contributed by atoms with Crippen molar-refractivity contribution in [3.8, 4) is 5.75 Å². The fraction of sp³-hybridized carbons (Fsp3) is 0.200. The van der Waals surface area contributed by atoms with Gasteiger partial charge < -0.3 is 10.5 Å². The van der Waals surface area contributed by atoms with Crippen LogP contribution in [0.15, 0.2) is 36.4 Å². The van der Waals surface area contributed by atoms with E-state index in [4.69, 9.17) is 33.7 Å². The molecule has 5 heteroatoms. The number of methoxy groups -OCH3 is 1. The summed E-state index contributed by atoms with van der Waals surface area (Å²) in [5.74, 6) is 0.218. The van der Waals surface area contributed by atoms with Crippen LogP contribution in [-0.2, 0) is 6.42 Å². The summed E-state index contributed by atoms with van der Waals surface area (Å²) in [6, 6.07) is 9.47. The van der Waals surface area contributed by atoms with E-state index in [-0.39, 0.29) is 5.02 Å². The molecule has 0 radical (unpaired) electrons. The Morgan fingerprint density at radius 3 is 2.70 bits per heavy atom. The molecule has 20 heavy (non-hydrogen) atoms. The van der Waals surface area contributed by atoms with Crippen molar-refractivity contribution in [2.45, 2.75) is 12.5 Å². The largest absolute Gasteiger partial charge is 0.496 e. The SMILES string of the molecule is COc1ccc(Cl)cc1CC(N)c1cccc(F)c1Cl. The highest BCUT2D eigenvalue weighted by Crippen LogP contribution is 2.30. The molecule has 0 fully saturated rings. The number of hydrogen-bond donors (Lipinski definition) is 1. The molecule has 0 spiro atoms. The van der Waals surface area contributed by atoms with Gasteiger partial charge in [0, 0.05) is 11.1 Å². The third-order valence-corrected chi connectivity index (χ3v) is 3.70. The molecule has 0 saturated heterocycles. The monoisotopic (exact) mass is 313 g/mol. The van der Waals surface area contributed by atoms with Gasteiger partial charge in [0.15, 0.2) is 0 Å². The molecule has 0 heterocycles. The van der Waals surface area contributed by atoms with Crippen molar-refractivity contribution < 1.29 is 9.13 Å². The zero-order valence-electron chi connectivity index (χ0n) is 10.9. The molecule has 0 saturated carbocycles. The second kappa shape index (κ2) is 6.44. The van der Waals surface area contributed by atoms with Crippen LogP contribution in [0.2, 0.25) is 10.0 Å². The van der Waals surface area contributed by atoms with E-state index in [1.165, 1.54) is 6.07 Å². The van der Waals surface area contributed by atoms with Gasteiger partial charge in [-0.25, -0.2) is 4.39 Å². The van der Waals surface area contributed by atoms with E-state index >= 15 is 0 Å². The zero-order valence-corrected chi connectivity index (χ0v) is 12.4. The number of halogens is 3. The Balaban J connectivity index is 2.30. The van der Waals surface area contributed by atoms with Crippen LogP contribution < -0.4 is 10.5 Å². The molecule has 0 aliphatic carbocycles. The van der Waals surface area contributed by atoms with Gasteiger partial charge in [-0.2, -0.15) is 0 Å². The van der Waals surface area contributed by atoms with Crippen molar-refractivity contribution in [2.75, 3.05) is 7.11 Å². The second-order valence-corrected chi connectivity index (χ2v) is 5.22. The third kappa shape index (κ3) is 3.23. The number of benzene rings is 2. The van der Waals surface area contributed by atoms with E-state index in [1.54, 1.807) is 37.4 Å². The summed E-state index contributed by atoms with van der Waals surface area (Å²) in [5, 5.41) is 0.652. The fourth-order valence-corrected chi connectivity index (χ4v) is 2.52. The van der Waals surface area contributed by atoms with Gasteiger partial charge >= 0.3 is 0 Å². The summed E-state index contributed by atoms with van der Waals surface area (Å²) in [4.78, 5) is 0. The standard InChI is InChI=1S/C15H14Cl2FNO/c1-20-14-6-5-10(16)7-9(14)8-13(19)11-3-2-4-12(18)15(11)17/h2-7,13H,8,19H2,1H3. The van der Waals surface area contributed by atoms with Crippen LogP contribution in [0.1, 0.15) is 17.2 Å². The van der Waals surface area contributed by atoms with Gasteiger partial charge in [0.25, 0.3) is 0 Å². The molecule has 2 aromatic carbocycles. The van der Waals surface area contributed by atoms with Gasteiger partial charge in [-0.3, -0.25) is 0 Å². The van der Waals surface area contributed by atoms with Gasteiger partial charge in [0.2, 0.25) is 0 Å². The average molecular weight is 314 g/mol.